The second-order valence-corrected chi connectivity index (χ2v) is 11.1. The molecule has 0 spiro atoms. The van der Waals surface area contributed by atoms with Gasteiger partial charge >= 0.3 is 6.09 Å². The summed E-state index contributed by atoms with van der Waals surface area (Å²) in [5, 5.41) is 3.45. The van der Waals surface area contributed by atoms with Crippen molar-refractivity contribution >= 4 is 23.6 Å². The molecule has 1 aliphatic heterocycles. The van der Waals surface area contributed by atoms with Crippen molar-refractivity contribution in [2.45, 2.75) is 57.6 Å². The van der Waals surface area contributed by atoms with E-state index >= 15 is 0 Å². The molecule has 4 rings (SSSR count). The monoisotopic (exact) mass is 518 g/mol. The van der Waals surface area contributed by atoms with E-state index in [1.807, 2.05) is 23.1 Å². The van der Waals surface area contributed by atoms with Crippen LogP contribution in [0, 0.1) is 0 Å². The van der Waals surface area contributed by atoms with Crippen LogP contribution in [0.4, 0.5) is 4.79 Å². The molecule has 0 aromatic heterocycles. The number of likely N-dealkylation sites (tertiary alicyclic amines) is 1. The van der Waals surface area contributed by atoms with Crippen LogP contribution in [-0.2, 0) is 16.0 Å². The molecule has 1 saturated heterocycles. The van der Waals surface area contributed by atoms with E-state index in [4.69, 9.17) is 16.3 Å². The van der Waals surface area contributed by atoms with Crippen molar-refractivity contribution in [3.8, 4) is 11.1 Å². The third kappa shape index (κ3) is 7.59. The van der Waals surface area contributed by atoms with E-state index in [0.717, 1.165) is 18.4 Å². The van der Waals surface area contributed by atoms with Gasteiger partial charge < -0.3 is 15.0 Å². The molecule has 0 aliphatic carbocycles. The first kappa shape index (κ1) is 26.7. The summed E-state index contributed by atoms with van der Waals surface area (Å²) in [4.78, 5) is 28.0. The van der Waals surface area contributed by atoms with Crippen molar-refractivity contribution in [1.29, 1.82) is 0 Å². The predicted octanol–water partition coefficient (Wildman–Crippen LogP) is 6.85. The Balaban J connectivity index is 1.43. The number of hydrogen-bond acceptors (Lipinski definition) is 3. The molecular formula is C31H35ClN2O3. The topological polar surface area (TPSA) is 58.6 Å². The Morgan fingerprint density at radius 1 is 0.946 bits per heavy atom. The molecule has 1 N–H and O–H groups in total. The van der Waals surface area contributed by atoms with E-state index in [0.29, 0.717) is 30.5 Å². The lowest BCUT2D eigenvalue weighted by molar-refractivity contribution is -0.134. The van der Waals surface area contributed by atoms with E-state index in [2.05, 4.69) is 53.8 Å². The number of rotatable bonds is 6. The average molecular weight is 519 g/mol. The predicted molar refractivity (Wildman–Crippen MR) is 149 cm³/mol. The molecule has 1 heterocycles. The van der Waals surface area contributed by atoms with Crippen LogP contribution in [0.3, 0.4) is 0 Å². The number of nitrogens with one attached hydrogen (secondary N) is 1. The van der Waals surface area contributed by atoms with Gasteiger partial charge in [-0.15, -0.1) is 0 Å². The Bertz CT molecular complexity index is 1200. The van der Waals surface area contributed by atoms with Gasteiger partial charge in [-0.25, -0.2) is 4.79 Å². The highest BCUT2D eigenvalue weighted by Crippen LogP contribution is 2.31. The molecule has 1 unspecified atom stereocenters. The van der Waals surface area contributed by atoms with Gasteiger partial charge in [-0.3, -0.25) is 4.79 Å². The van der Waals surface area contributed by atoms with Crippen LogP contribution in [0.2, 0.25) is 5.02 Å². The lowest BCUT2D eigenvalue weighted by Gasteiger charge is -2.35. The molecule has 194 valence electrons. The Morgan fingerprint density at radius 2 is 1.59 bits per heavy atom. The molecule has 1 atom stereocenters. The van der Waals surface area contributed by atoms with Crippen LogP contribution in [-0.4, -0.2) is 41.6 Å². The van der Waals surface area contributed by atoms with Gasteiger partial charge in [0, 0.05) is 24.5 Å². The molecule has 3 aromatic carbocycles. The van der Waals surface area contributed by atoms with Gasteiger partial charge in [0.05, 0.1) is 0 Å². The van der Waals surface area contributed by atoms with Gasteiger partial charge in [0.15, 0.2) is 0 Å². The van der Waals surface area contributed by atoms with Crippen molar-refractivity contribution < 1.29 is 14.3 Å². The second kappa shape index (κ2) is 11.8. The van der Waals surface area contributed by atoms with Crippen LogP contribution < -0.4 is 5.32 Å². The molecule has 0 radical (unpaired) electrons. The first-order chi connectivity index (χ1) is 17.7. The SMILES string of the molecule is CC(C)(C)OC(=O)NC(Cc1ccc(Cl)cc1)C(=O)N1CCC(c2cccc(-c3ccccc3)c2)CC1. The summed E-state index contributed by atoms with van der Waals surface area (Å²) in [6, 6.07) is 25.7. The number of carbonyl (C=O) groups excluding carboxylic acids is 2. The zero-order chi connectivity index (χ0) is 26.4. The van der Waals surface area contributed by atoms with Crippen molar-refractivity contribution in [3.05, 3.63) is 95.0 Å². The smallest absolute Gasteiger partial charge is 0.408 e. The fourth-order valence-electron chi connectivity index (χ4n) is 4.76. The largest absolute Gasteiger partial charge is 0.444 e. The van der Waals surface area contributed by atoms with E-state index in [9.17, 15) is 9.59 Å². The fourth-order valence-corrected chi connectivity index (χ4v) is 4.89. The summed E-state index contributed by atoms with van der Waals surface area (Å²) in [5.74, 6) is 0.304. The van der Waals surface area contributed by atoms with E-state index in [1.165, 1.54) is 16.7 Å². The Labute approximate surface area is 224 Å². The maximum Gasteiger partial charge on any atom is 0.408 e. The minimum absolute atomic E-state index is 0.0858. The minimum Gasteiger partial charge on any atom is -0.444 e. The second-order valence-electron chi connectivity index (χ2n) is 10.6. The molecule has 37 heavy (non-hydrogen) atoms. The normalized spacial score (nSPS) is 15.2. The zero-order valence-corrected chi connectivity index (χ0v) is 22.5. The van der Waals surface area contributed by atoms with Gasteiger partial charge in [-0.2, -0.15) is 0 Å². The molecule has 1 aliphatic rings. The molecule has 2 amide bonds. The van der Waals surface area contributed by atoms with Gasteiger partial charge in [-0.1, -0.05) is 78.3 Å². The molecule has 6 heteroatoms. The maximum absolute atomic E-state index is 13.6. The molecule has 3 aromatic rings. The number of piperidine rings is 1. The Morgan fingerprint density at radius 3 is 2.24 bits per heavy atom. The van der Waals surface area contributed by atoms with Gasteiger partial charge in [0.25, 0.3) is 0 Å². The molecule has 0 bridgehead atoms. The number of alkyl carbamates (subject to hydrolysis) is 1. The van der Waals surface area contributed by atoms with Crippen molar-refractivity contribution in [1.82, 2.24) is 10.2 Å². The highest BCUT2D eigenvalue weighted by atomic mass is 35.5. The van der Waals surface area contributed by atoms with Crippen LogP contribution in [0.1, 0.15) is 50.7 Å². The Hall–Kier alpha value is -3.31. The molecule has 1 fully saturated rings. The molecule has 5 nitrogen and oxygen atoms in total. The minimum atomic E-state index is -0.714. The molecule has 0 saturated carbocycles. The summed E-state index contributed by atoms with van der Waals surface area (Å²) >= 11 is 6.03. The third-order valence-corrected chi connectivity index (χ3v) is 6.87. The van der Waals surface area contributed by atoms with Gasteiger partial charge in [0.2, 0.25) is 5.91 Å². The average Bonchev–Trinajstić information content (AvgIpc) is 2.89. The quantitative estimate of drug-likeness (QED) is 0.388. The number of hydrogen-bond donors (Lipinski definition) is 1. The standard InChI is InChI=1S/C31H35ClN2O3/c1-31(2,3)37-30(36)33-28(20-22-12-14-27(32)15-13-22)29(35)34-18-16-24(17-19-34)26-11-7-10-25(21-26)23-8-5-4-6-9-23/h4-15,21,24,28H,16-20H2,1-3H3,(H,33,36). The van der Waals surface area contributed by atoms with Gasteiger partial charge in [-0.05, 0) is 73.9 Å². The number of nitrogens with zero attached hydrogens (tertiary/aromatic N) is 1. The fraction of sp³-hybridized carbons (Fsp3) is 0.355. The third-order valence-electron chi connectivity index (χ3n) is 6.61. The number of carbonyl (C=O) groups is 2. The molecular weight excluding hydrogens is 484 g/mol. The lowest BCUT2D eigenvalue weighted by Crippen LogP contribution is -2.52. The number of ether oxygens (including phenoxy) is 1. The summed E-state index contributed by atoms with van der Waals surface area (Å²) < 4.78 is 5.44. The van der Waals surface area contributed by atoms with Gasteiger partial charge in [0.1, 0.15) is 11.6 Å². The summed E-state index contributed by atoms with van der Waals surface area (Å²) in [6.45, 7) is 6.71. The first-order valence-corrected chi connectivity index (χ1v) is 13.2. The summed E-state index contributed by atoms with van der Waals surface area (Å²) in [7, 11) is 0. The van der Waals surface area contributed by atoms with Crippen LogP contribution >= 0.6 is 11.6 Å². The zero-order valence-electron chi connectivity index (χ0n) is 21.7. The maximum atomic E-state index is 13.6. The van der Waals surface area contributed by atoms with Crippen LogP contribution in [0.15, 0.2) is 78.9 Å². The Kier molecular flexibility index (Phi) is 8.55. The van der Waals surface area contributed by atoms with E-state index in [1.54, 1.807) is 32.9 Å². The first-order valence-electron chi connectivity index (χ1n) is 12.9. The summed E-state index contributed by atoms with van der Waals surface area (Å²) in [6.07, 6.45) is 1.54. The highest BCUT2D eigenvalue weighted by Gasteiger charge is 2.31. The number of halogens is 1. The van der Waals surface area contributed by atoms with Crippen molar-refractivity contribution in [2.75, 3.05) is 13.1 Å². The van der Waals surface area contributed by atoms with E-state index < -0.39 is 17.7 Å². The van der Waals surface area contributed by atoms with Crippen LogP contribution in [0.25, 0.3) is 11.1 Å². The van der Waals surface area contributed by atoms with Crippen molar-refractivity contribution in [3.63, 3.8) is 0 Å². The number of amides is 2. The van der Waals surface area contributed by atoms with Crippen LogP contribution in [0.5, 0.6) is 0 Å². The summed E-state index contributed by atoms with van der Waals surface area (Å²) in [5.41, 5.74) is 3.99. The number of benzene rings is 3. The van der Waals surface area contributed by atoms with Crippen molar-refractivity contribution in [2.24, 2.45) is 0 Å². The van der Waals surface area contributed by atoms with E-state index in [-0.39, 0.29) is 5.91 Å². The highest BCUT2D eigenvalue weighted by molar-refractivity contribution is 6.30. The lowest BCUT2D eigenvalue weighted by atomic mass is 9.87.